The largest absolute Gasteiger partial charge is 0.396 e. The molecule has 0 spiro atoms. The zero-order valence-electron chi connectivity index (χ0n) is 7.44. The second kappa shape index (κ2) is 6.02. The first kappa shape index (κ1) is 10.6. The summed E-state index contributed by atoms with van der Waals surface area (Å²) < 4.78 is 5.32. The highest BCUT2D eigenvalue weighted by Gasteiger charge is 1.93. The number of aliphatic hydroxyl groups is 1. The Bertz CT molecular complexity index is 250. The highest BCUT2D eigenvalue weighted by molar-refractivity contribution is 7.80. The third-order valence-electron chi connectivity index (χ3n) is 1.63. The molecule has 3 heteroatoms. The van der Waals surface area contributed by atoms with Gasteiger partial charge in [-0.15, -0.1) is 12.6 Å². The molecule has 0 aliphatic rings. The summed E-state index contributed by atoms with van der Waals surface area (Å²) in [6.07, 6.45) is 0.695. The van der Waals surface area contributed by atoms with E-state index >= 15 is 0 Å². The molecule has 0 amide bonds. The lowest BCUT2D eigenvalue weighted by molar-refractivity contribution is 0.104. The third-order valence-corrected chi connectivity index (χ3v) is 1.90. The SMILES string of the molecule is OCCCOCc1cccc(S)c1. The normalized spacial score (nSPS) is 10.3. The highest BCUT2D eigenvalue weighted by Crippen LogP contribution is 2.09. The summed E-state index contributed by atoms with van der Waals surface area (Å²) in [5.41, 5.74) is 1.12. The molecule has 0 saturated carbocycles. The molecule has 1 rings (SSSR count). The number of aliphatic hydroxyl groups excluding tert-OH is 1. The van der Waals surface area contributed by atoms with E-state index in [2.05, 4.69) is 12.6 Å². The van der Waals surface area contributed by atoms with Crippen molar-refractivity contribution in [2.45, 2.75) is 17.9 Å². The Morgan fingerprint density at radius 1 is 1.38 bits per heavy atom. The molecule has 0 saturated heterocycles. The van der Waals surface area contributed by atoms with Crippen LogP contribution in [-0.4, -0.2) is 18.3 Å². The van der Waals surface area contributed by atoms with Crippen molar-refractivity contribution < 1.29 is 9.84 Å². The number of ether oxygens (including phenoxy) is 1. The molecule has 0 aliphatic heterocycles. The summed E-state index contributed by atoms with van der Waals surface area (Å²) in [4.78, 5) is 0.947. The predicted molar refractivity (Wildman–Crippen MR) is 55.1 cm³/mol. The van der Waals surface area contributed by atoms with Crippen LogP contribution in [0.2, 0.25) is 0 Å². The summed E-state index contributed by atoms with van der Waals surface area (Å²) in [7, 11) is 0. The topological polar surface area (TPSA) is 29.5 Å². The molecule has 2 nitrogen and oxygen atoms in total. The van der Waals surface area contributed by atoms with Gasteiger partial charge in [0.05, 0.1) is 6.61 Å². The maximum Gasteiger partial charge on any atom is 0.0717 e. The van der Waals surface area contributed by atoms with Crippen LogP contribution < -0.4 is 0 Å². The quantitative estimate of drug-likeness (QED) is 0.559. The maximum absolute atomic E-state index is 8.52. The Hall–Kier alpha value is -0.510. The van der Waals surface area contributed by atoms with Crippen LogP contribution in [0, 0.1) is 0 Å². The summed E-state index contributed by atoms with van der Waals surface area (Å²) >= 11 is 4.22. The number of benzene rings is 1. The van der Waals surface area contributed by atoms with E-state index in [0.29, 0.717) is 19.6 Å². The Morgan fingerprint density at radius 3 is 2.92 bits per heavy atom. The number of rotatable bonds is 5. The van der Waals surface area contributed by atoms with Crippen LogP contribution in [0.3, 0.4) is 0 Å². The number of thiol groups is 1. The monoisotopic (exact) mass is 198 g/mol. The molecule has 0 atom stereocenters. The second-order valence-corrected chi connectivity index (χ2v) is 3.32. The first-order chi connectivity index (χ1) is 6.33. The molecular formula is C10H14O2S. The van der Waals surface area contributed by atoms with Crippen molar-refractivity contribution in [1.29, 1.82) is 0 Å². The van der Waals surface area contributed by atoms with Gasteiger partial charge in [-0.25, -0.2) is 0 Å². The molecule has 13 heavy (non-hydrogen) atoms. The van der Waals surface area contributed by atoms with Gasteiger partial charge in [0.1, 0.15) is 0 Å². The minimum absolute atomic E-state index is 0.187. The molecule has 0 aromatic heterocycles. The van der Waals surface area contributed by atoms with Gasteiger partial charge in [0.2, 0.25) is 0 Å². The van der Waals surface area contributed by atoms with Crippen molar-refractivity contribution >= 4 is 12.6 Å². The van der Waals surface area contributed by atoms with E-state index in [-0.39, 0.29) is 6.61 Å². The minimum atomic E-state index is 0.187. The van der Waals surface area contributed by atoms with Crippen molar-refractivity contribution in [3.8, 4) is 0 Å². The van der Waals surface area contributed by atoms with E-state index in [1.54, 1.807) is 0 Å². The molecule has 0 fully saturated rings. The molecule has 1 aromatic rings. The molecule has 1 N–H and O–H groups in total. The zero-order valence-corrected chi connectivity index (χ0v) is 8.33. The first-order valence-corrected chi connectivity index (χ1v) is 4.74. The van der Waals surface area contributed by atoms with Crippen molar-refractivity contribution in [3.63, 3.8) is 0 Å². The van der Waals surface area contributed by atoms with E-state index in [9.17, 15) is 0 Å². The fourth-order valence-electron chi connectivity index (χ4n) is 1.00. The molecule has 72 valence electrons. The van der Waals surface area contributed by atoms with Crippen LogP contribution in [0.1, 0.15) is 12.0 Å². The molecule has 0 aliphatic carbocycles. The average Bonchev–Trinajstić information content (AvgIpc) is 2.13. The lowest BCUT2D eigenvalue weighted by Gasteiger charge is -2.03. The molecule has 0 radical (unpaired) electrons. The van der Waals surface area contributed by atoms with Crippen molar-refractivity contribution in [2.24, 2.45) is 0 Å². The predicted octanol–water partition coefficient (Wildman–Crippen LogP) is 1.87. The fraction of sp³-hybridized carbons (Fsp3) is 0.400. The fourth-order valence-corrected chi connectivity index (χ4v) is 1.25. The van der Waals surface area contributed by atoms with Crippen molar-refractivity contribution in [3.05, 3.63) is 29.8 Å². The molecule has 0 bridgehead atoms. The Morgan fingerprint density at radius 2 is 2.23 bits per heavy atom. The van der Waals surface area contributed by atoms with Crippen LogP contribution in [0.25, 0.3) is 0 Å². The molecule has 0 unspecified atom stereocenters. The Kier molecular flexibility index (Phi) is 4.90. The smallest absolute Gasteiger partial charge is 0.0717 e. The molecule has 1 aromatic carbocycles. The van der Waals surface area contributed by atoms with E-state index in [4.69, 9.17) is 9.84 Å². The summed E-state index contributed by atoms with van der Waals surface area (Å²) in [6.45, 7) is 1.38. The van der Waals surface area contributed by atoms with E-state index in [1.807, 2.05) is 24.3 Å². The van der Waals surface area contributed by atoms with Gasteiger partial charge in [0.15, 0.2) is 0 Å². The van der Waals surface area contributed by atoms with Crippen LogP contribution >= 0.6 is 12.6 Å². The van der Waals surface area contributed by atoms with Crippen molar-refractivity contribution in [1.82, 2.24) is 0 Å². The molecular weight excluding hydrogens is 184 g/mol. The van der Waals surface area contributed by atoms with Gasteiger partial charge in [-0.3, -0.25) is 0 Å². The first-order valence-electron chi connectivity index (χ1n) is 4.29. The van der Waals surface area contributed by atoms with Crippen molar-refractivity contribution in [2.75, 3.05) is 13.2 Å². The lowest BCUT2D eigenvalue weighted by atomic mass is 10.2. The van der Waals surface area contributed by atoms with Gasteiger partial charge in [-0.05, 0) is 24.1 Å². The standard InChI is InChI=1S/C10H14O2S/c11-5-2-6-12-8-9-3-1-4-10(13)7-9/h1,3-4,7,11,13H,2,5-6,8H2. The van der Waals surface area contributed by atoms with E-state index < -0.39 is 0 Å². The third kappa shape index (κ3) is 4.31. The summed E-state index contributed by atoms with van der Waals surface area (Å²) in [5.74, 6) is 0. The lowest BCUT2D eigenvalue weighted by Crippen LogP contribution is -1.97. The number of hydrogen-bond acceptors (Lipinski definition) is 3. The summed E-state index contributed by atoms with van der Waals surface area (Å²) in [5, 5.41) is 8.52. The average molecular weight is 198 g/mol. The Balaban J connectivity index is 2.28. The second-order valence-electron chi connectivity index (χ2n) is 2.80. The molecule has 0 heterocycles. The van der Waals surface area contributed by atoms with E-state index in [0.717, 1.165) is 10.5 Å². The van der Waals surface area contributed by atoms with Gasteiger partial charge in [0.25, 0.3) is 0 Å². The number of hydrogen-bond donors (Lipinski definition) is 2. The van der Waals surface area contributed by atoms with Gasteiger partial charge in [-0.1, -0.05) is 12.1 Å². The van der Waals surface area contributed by atoms with Crippen LogP contribution in [0.4, 0.5) is 0 Å². The van der Waals surface area contributed by atoms with Gasteiger partial charge >= 0.3 is 0 Å². The van der Waals surface area contributed by atoms with Gasteiger partial charge in [-0.2, -0.15) is 0 Å². The van der Waals surface area contributed by atoms with Gasteiger partial charge < -0.3 is 9.84 Å². The highest BCUT2D eigenvalue weighted by atomic mass is 32.1. The van der Waals surface area contributed by atoms with Gasteiger partial charge in [0, 0.05) is 18.1 Å². The van der Waals surface area contributed by atoms with Crippen LogP contribution in [0.15, 0.2) is 29.2 Å². The zero-order chi connectivity index (χ0) is 9.52. The summed E-state index contributed by atoms with van der Waals surface area (Å²) in [6, 6.07) is 7.86. The Labute approximate surface area is 84.0 Å². The maximum atomic E-state index is 8.52. The minimum Gasteiger partial charge on any atom is -0.396 e. The van der Waals surface area contributed by atoms with Crippen LogP contribution in [0.5, 0.6) is 0 Å². The van der Waals surface area contributed by atoms with Crippen LogP contribution in [-0.2, 0) is 11.3 Å². The van der Waals surface area contributed by atoms with E-state index in [1.165, 1.54) is 0 Å².